The zero-order chi connectivity index (χ0) is 18.8. The molecular formula is C20H15FN4O2. The normalized spacial score (nSPS) is 10.9. The lowest BCUT2D eigenvalue weighted by molar-refractivity contribution is 0.580. The van der Waals surface area contributed by atoms with Crippen molar-refractivity contribution in [3.8, 4) is 22.6 Å². The lowest BCUT2D eigenvalue weighted by atomic mass is 10.1. The Hall–Kier alpha value is -3.74. The predicted octanol–water partition coefficient (Wildman–Crippen LogP) is 3.33. The number of furan rings is 1. The van der Waals surface area contributed by atoms with E-state index in [1.54, 1.807) is 42.7 Å². The average Bonchev–Trinajstić information content (AvgIpc) is 3.18. The highest BCUT2D eigenvalue weighted by Gasteiger charge is 2.14. The van der Waals surface area contributed by atoms with Crippen molar-refractivity contribution in [3.63, 3.8) is 0 Å². The Kier molecular flexibility index (Phi) is 4.25. The second kappa shape index (κ2) is 6.87. The summed E-state index contributed by atoms with van der Waals surface area (Å²) in [6.45, 7) is 0.278. The number of anilines is 1. The van der Waals surface area contributed by atoms with Crippen LogP contribution in [0.5, 0.6) is 0 Å². The van der Waals surface area contributed by atoms with Gasteiger partial charge in [-0.3, -0.25) is 4.79 Å². The number of nitrogen functional groups attached to an aromatic ring is 1. The van der Waals surface area contributed by atoms with Crippen LogP contribution >= 0.6 is 0 Å². The van der Waals surface area contributed by atoms with Gasteiger partial charge in [0.25, 0.3) is 5.56 Å². The molecule has 3 heterocycles. The highest BCUT2D eigenvalue weighted by atomic mass is 19.1. The molecule has 0 aliphatic heterocycles. The summed E-state index contributed by atoms with van der Waals surface area (Å²) in [6.07, 6.45) is 4.76. The highest BCUT2D eigenvalue weighted by molar-refractivity contribution is 5.78. The summed E-state index contributed by atoms with van der Waals surface area (Å²) in [5.74, 6) is 0.312. The fourth-order valence-electron chi connectivity index (χ4n) is 2.85. The molecular weight excluding hydrogens is 347 g/mol. The van der Waals surface area contributed by atoms with Gasteiger partial charge < -0.3 is 14.7 Å². The molecule has 3 aromatic heterocycles. The van der Waals surface area contributed by atoms with Crippen molar-refractivity contribution in [2.75, 3.05) is 5.73 Å². The standard InChI is InChI=1S/C20H15FN4O2/c21-15-4-1-3-13(9-15)12-25-7-6-14(10-18(25)26)16-11-23-20(22)24-19(16)17-5-2-8-27-17/h1-11H,12H2,(H2,22,23,24). The van der Waals surface area contributed by atoms with Crippen LogP contribution in [-0.4, -0.2) is 14.5 Å². The van der Waals surface area contributed by atoms with Crippen molar-refractivity contribution in [1.29, 1.82) is 0 Å². The summed E-state index contributed by atoms with van der Waals surface area (Å²) in [5, 5.41) is 0. The number of hydrogen-bond acceptors (Lipinski definition) is 5. The zero-order valence-electron chi connectivity index (χ0n) is 14.2. The van der Waals surface area contributed by atoms with Crippen molar-refractivity contribution in [2.45, 2.75) is 6.54 Å². The van der Waals surface area contributed by atoms with Crippen molar-refractivity contribution in [3.05, 3.63) is 88.9 Å². The van der Waals surface area contributed by atoms with E-state index in [1.807, 2.05) is 0 Å². The summed E-state index contributed by atoms with van der Waals surface area (Å²) in [7, 11) is 0. The Balaban J connectivity index is 1.72. The first-order valence-electron chi connectivity index (χ1n) is 8.22. The van der Waals surface area contributed by atoms with Gasteiger partial charge in [0.1, 0.15) is 11.5 Å². The maximum atomic E-state index is 13.3. The van der Waals surface area contributed by atoms with E-state index in [-0.39, 0.29) is 23.9 Å². The van der Waals surface area contributed by atoms with E-state index in [0.717, 1.165) is 0 Å². The van der Waals surface area contributed by atoms with Crippen molar-refractivity contribution < 1.29 is 8.81 Å². The van der Waals surface area contributed by atoms with Crippen LogP contribution in [0.2, 0.25) is 0 Å². The van der Waals surface area contributed by atoms with Crippen LogP contribution in [0.4, 0.5) is 10.3 Å². The Morgan fingerprint density at radius 1 is 1.15 bits per heavy atom. The second-order valence-electron chi connectivity index (χ2n) is 5.98. The van der Waals surface area contributed by atoms with E-state index in [2.05, 4.69) is 9.97 Å². The Labute approximate surface area is 153 Å². The molecule has 6 nitrogen and oxygen atoms in total. The molecule has 4 rings (SSSR count). The minimum absolute atomic E-state index is 0.115. The molecule has 2 N–H and O–H groups in total. The van der Waals surface area contributed by atoms with Gasteiger partial charge in [-0.25, -0.2) is 14.4 Å². The number of pyridine rings is 1. The molecule has 0 bridgehead atoms. The van der Waals surface area contributed by atoms with E-state index in [1.165, 1.54) is 29.0 Å². The third-order valence-electron chi connectivity index (χ3n) is 4.11. The van der Waals surface area contributed by atoms with Crippen LogP contribution in [0.1, 0.15) is 5.56 Å². The summed E-state index contributed by atoms with van der Waals surface area (Å²) < 4.78 is 20.3. The third kappa shape index (κ3) is 3.48. The lowest BCUT2D eigenvalue weighted by Crippen LogP contribution is -2.19. The van der Waals surface area contributed by atoms with E-state index in [4.69, 9.17) is 10.2 Å². The maximum Gasteiger partial charge on any atom is 0.251 e. The molecule has 0 radical (unpaired) electrons. The van der Waals surface area contributed by atoms with Gasteiger partial charge in [0.2, 0.25) is 5.95 Å². The van der Waals surface area contributed by atoms with E-state index in [9.17, 15) is 9.18 Å². The molecule has 0 saturated carbocycles. The molecule has 0 amide bonds. The van der Waals surface area contributed by atoms with Gasteiger partial charge in [0, 0.05) is 24.0 Å². The molecule has 0 fully saturated rings. The fraction of sp³-hybridized carbons (Fsp3) is 0.0500. The summed E-state index contributed by atoms with van der Waals surface area (Å²) in [6, 6.07) is 12.9. The topological polar surface area (TPSA) is 86.9 Å². The largest absolute Gasteiger partial charge is 0.463 e. The van der Waals surface area contributed by atoms with Crippen LogP contribution in [0.3, 0.4) is 0 Å². The SMILES string of the molecule is Nc1ncc(-c2ccn(Cc3cccc(F)c3)c(=O)c2)c(-c2ccco2)n1. The number of nitrogens with zero attached hydrogens (tertiary/aromatic N) is 3. The van der Waals surface area contributed by atoms with E-state index >= 15 is 0 Å². The first kappa shape index (κ1) is 16.7. The summed E-state index contributed by atoms with van der Waals surface area (Å²) >= 11 is 0. The van der Waals surface area contributed by atoms with Gasteiger partial charge in [-0.1, -0.05) is 12.1 Å². The summed E-state index contributed by atoms with van der Waals surface area (Å²) in [5.41, 5.74) is 7.97. The Bertz CT molecular complexity index is 1150. The number of halogens is 1. The van der Waals surface area contributed by atoms with Crippen LogP contribution in [0.15, 0.2) is 76.4 Å². The van der Waals surface area contributed by atoms with E-state index in [0.29, 0.717) is 28.1 Å². The molecule has 4 aromatic rings. The number of benzene rings is 1. The highest BCUT2D eigenvalue weighted by Crippen LogP contribution is 2.30. The molecule has 134 valence electrons. The fourth-order valence-corrected chi connectivity index (χ4v) is 2.85. The van der Waals surface area contributed by atoms with E-state index < -0.39 is 0 Å². The molecule has 7 heteroatoms. The maximum absolute atomic E-state index is 13.3. The van der Waals surface area contributed by atoms with Crippen LogP contribution in [0.25, 0.3) is 22.6 Å². The average molecular weight is 362 g/mol. The molecule has 0 aliphatic carbocycles. The zero-order valence-corrected chi connectivity index (χ0v) is 14.2. The van der Waals surface area contributed by atoms with Gasteiger partial charge in [-0.05, 0) is 41.5 Å². The van der Waals surface area contributed by atoms with Gasteiger partial charge >= 0.3 is 0 Å². The van der Waals surface area contributed by atoms with Crippen molar-refractivity contribution in [2.24, 2.45) is 0 Å². The Morgan fingerprint density at radius 3 is 2.78 bits per heavy atom. The van der Waals surface area contributed by atoms with Gasteiger partial charge in [0.15, 0.2) is 5.76 Å². The second-order valence-corrected chi connectivity index (χ2v) is 5.98. The molecule has 0 saturated heterocycles. The van der Waals surface area contributed by atoms with Crippen LogP contribution < -0.4 is 11.3 Å². The number of aromatic nitrogens is 3. The van der Waals surface area contributed by atoms with Gasteiger partial charge in [-0.2, -0.15) is 0 Å². The molecule has 0 spiro atoms. The first-order chi connectivity index (χ1) is 13.1. The molecule has 0 atom stereocenters. The van der Waals surface area contributed by atoms with Crippen LogP contribution in [-0.2, 0) is 6.54 Å². The van der Waals surface area contributed by atoms with Crippen molar-refractivity contribution >= 4 is 5.95 Å². The minimum atomic E-state index is -0.334. The molecule has 27 heavy (non-hydrogen) atoms. The Morgan fingerprint density at radius 2 is 2.04 bits per heavy atom. The number of hydrogen-bond donors (Lipinski definition) is 1. The van der Waals surface area contributed by atoms with Gasteiger partial charge in [0.05, 0.1) is 12.8 Å². The lowest BCUT2D eigenvalue weighted by Gasteiger charge is -2.10. The molecule has 0 aliphatic rings. The molecule has 1 aromatic carbocycles. The third-order valence-corrected chi connectivity index (χ3v) is 4.11. The minimum Gasteiger partial charge on any atom is -0.463 e. The smallest absolute Gasteiger partial charge is 0.251 e. The molecule has 0 unspecified atom stereocenters. The van der Waals surface area contributed by atoms with Gasteiger partial charge in [-0.15, -0.1) is 0 Å². The van der Waals surface area contributed by atoms with Crippen molar-refractivity contribution in [1.82, 2.24) is 14.5 Å². The predicted molar refractivity (Wildman–Crippen MR) is 99.3 cm³/mol. The number of rotatable bonds is 4. The quantitative estimate of drug-likeness (QED) is 0.602. The monoisotopic (exact) mass is 362 g/mol. The number of nitrogens with two attached hydrogens (primary N) is 1. The van der Waals surface area contributed by atoms with Crippen LogP contribution in [0, 0.1) is 5.82 Å². The first-order valence-corrected chi connectivity index (χ1v) is 8.22. The summed E-state index contributed by atoms with van der Waals surface area (Å²) in [4.78, 5) is 20.8.